The number of rotatable bonds is 8. The van der Waals surface area contributed by atoms with E-state index in [4.69, 9.17) is 18.9 Å². The Morgan fingerprint density at radius 3 is 1.63 bits per heavy atom. The highest BCUT2D eigenvalue weighted by atomic mass is 16.5. The Hall–Kier alpha value is -3.15. The van der Waals surface area contributed by atoms with Gasteiger partial charge in [0.15, 0.2) is 28.8 Å². The number of nitrogens with zero attached hydrogens (tertiary/aromatic N) is 1. The molecule has 6 heteroatoms. The normalized spacial score (nSPS) is 11.0. The van der Waals surface area contributed by atoms with Gasteiger partial charge in [0.2, 0.25) is 0 Å². The number of hydrogen-bond donors (Lipinski definition) is 0. The number of carbonyl (C=O) groups excluding carboxylic acids is 1. The summed E-state index contributed by atoms with van der Waals surface area (Å²) in [6.45, 7) is 0. The smallest absolute Gasteiger partial charge is 0.195 e. The molecule has 0 atom stereocenters. The van der Waals surface area contributed by atoms with Crippen LogP contribution in [0.1, 0.15) is 15.9 Å². The first-order chi connectivity index (χ1) is 12.9. The molecule has 0 saturated heterocycles. The maximum atomic E-state index is 13.2. The first-order valence-corrected chi connectivity index (χ1v) is 8.32. The average Bonchev–Trinajstić information content (AvgIpc) is 2.70. The second kappa shape index (κ2) is 8.98. The third-order valence-electron chi connectivity index (χ3n) is 3.97. The van der Waals surface area contributed by atoms with E-state index in [1.807, 2.05) is 25.1 Å². The van der Waals surface area contributed by atoms with Crippen LogP contribution in [0.25, 0.3) is 5.57 Å². The molecule has 0 heterocycles. The van der Waals surface area contributed by atoms with E-state index in [-0.39, 0.29) is 5.78 Å². The van der Waals surface area contributed by atoms with Gasteiger partial charge >= 0.3 is 0 Å². The lowest BCUT2D eigenvalue weighted by Crippen LogP contribution is -2.10. The standard InChI is InChI=1S/C21H25NO5/c1-22(2)13-16(14-7-9-17(24-3)19(11-14)26-5)21(23)15-8-10-18(25-4)20(12-15)27-6/h7-13H,1-6H3. The van der Waals surface area contributed by atoms with Crippen molar-refractivity contribution in [3.8, 4) is 23.0 Å². The lowest BCUT2D eigenvalue weighted by Gasteiger charge is -2.15. The summed E-state index contributed by atoms with van der Waals surface area (Å²) in [5.74, 6) is 2.08. The van der Waals surface area contributed by atoms with Crippen LogP contribution in [0.3, 0.4) is 0 Å². The van der Waals surface area contributed by atoms with Crippen molar-refractivity contribution in [2.24, 2.45) is 0 Å². The molecular formula is C21H25NO5. The Labute approximate surface area is 159 Å². The minimum atomic E-state index is -0.142. The van der Waals surface area contributed by atoms with Gasteiger partial charge in [-0.3, -0.25) is 4.79 Å². The molecule has 2 aromatic rings. The van der Waals surface area contributed by atoms with Gasteiger partial charge in [-0.25, -0.2) is 0 Å². The Balaban J connectivity index is 2.53. The maximum absolute atomic E-state index is 13.2. The number of ketones is 1. The molecular weight excluding hydrogens is 346 g/mol. The van der Waals surface area contributed by atoms with Crippen LogP contribution >= 0.6 is 0 Å². The van der Waals surface area contributed by atoms with Gasteiger partial charge < -0.3 is 23.8 Å². The topological polar surface area (TPSA) is 57.2 Å². The van der Waals surface area contributed by atoms with Crippen LogP contribution in [0.2, 0.25) is 0 Å². The van der Waals surface area contributed by atoms with Gasteiger partial charge in [0.25, 0.3) is 0 Å². The van der Waals surface area contributed by atoms with Crippen molar-refractivity contribution in [3.63, 3.8) is 0 Å². The summed E-state index contributed by atoms with van der Waals surface area (Å²) < 4.78 is 21.2. The van der Waals surface area contributed by atoms with Crippen molar-refractivity contribution < 1.29 is 23.7 Å². The SMILES string of the molecule is COc1ccc(C(=O)C(=CN(C)C)c2ccc(OC)c(OC)c2)cc1OC. The number of carbonyl (C=O) groups is 1. The van der Waals surface area contributed by atoms with E-state index in [1.165, 1.54) is 7.11 Å². The monoisotopic (exact) mass is 371 g/mol. The largest absolute Gasteiger partial charge is 0.493 e. The Kier molecular flexibility index (Phi) is 6.71. The van der Waals surface area contributed by atoms with Gasteiger partial charge in [-0.05, 0) is 35.9 Å². The second-order valence-corrected chi connectivity index (χ2v) is 5.98. The van der Waals surface area contributed by atoms with E-state index in [9.17, 15) is 4.79 Å². The molecule has 0 amide bonds. The first-order valence-electron chi connectivity index (χ1n) is 8.32. The van der Waals surface area contributed by atoms with E-state index in [0.29, 0.717) is 34.1 Å². The predicted molar refractivity (Wildman–Crippen MR) is 105 cm³/mol. The van der Waals surface area contributed by atoms with Crippen LogP contribution in [-0.2, 0) is 0 Å². The van der Waals surface area contributed by atoms with Crippen molar-refractivity contribution in [2.75, 3.05) is 42.5 Å². The second-order valence-electron chi connectivity index (χ2n) is 5.98. The summed E-state index contributed by atoms with van der Waals surface area (Å²) in [6, 6.07) is 10.5. The van der Waals surface area contributed by atoms with E-state index >= 15 is 0 Å². The quantitative estimate of drug-likeness (QED) is 0.523. The molecule has 6 nitrogen and oxygen atoms in total. The van der Waals surface area contributed by atoms with Gasteiger partial charge in [-0.1, -0.05) is 6.07 Å². The third-order valence-corrected chi connectivity index (χ3v) is 3.97. The molecule has 0 aliphatic rings. The highest BCUT2D eigenvalue weighted by Gasteiger charge is 2.19. The summed E-state index contributed by atoms with van der Waals surface area (Å²) in [6.07, 6.45) is 1.78. The molecule has 0 radical (unpaired) electrons. The van der Waals surface area contributed by atoms with Gasteiger partial charge in [0, 0.05) is 31.4 Å². The maximum Gasteiger partial charge on any atom is 0.195 e. The van der Waals surface area contributed by atoms with E-state index in [2.05, 4.69) is 0 Å². The molecule has 0 aliphatic heterocycles. The minimum Gasteiger partial charge on any atom is -0.493 e. The molecule has 0 spiro atoms. The summed E-state index contributed by atoms with van der Waals surface area (Å²) in [7, 11) is 9.96. The highest BCUT2D eigenvalue weighted by molar-refractivity contribution is 6.29. The van der Waals surface area contributed by atoms with Crippen LogP contribution in [0.4, 0.5) is 0 Å². The van der Waals surface area contributed by atoms with Gasteiger partial charge in [-0.2, -0.15) is 0 Å². The predicted octanol–water partition coefficient (Wildman–Crippen LogP) is 3.51. The lowest BCUT2D eigenvalue weighted by atomic mass is 9.96. The molecule has 0 aliphatic carbocycles. The first kappa shape index (κ1) is 20.2. The zero-order valence-electron chi connectivity index (χ0n) is 16.5. The van der Waals surface area contributed by atoms with Crippen molar-refractivity contribution in [2.45, 2.75) is 0 Å². The number of methoxy groups -OCH3 is 4. The fourth-order valence-electron chi connectivity index (χ4n) is 2.66. The number of benzene rings is 2. The van der Waals surface area contributed by atoms with E-state index in [1.54, 1.807) is 57.9 Å². The highest BCUT2D eigenvalue weighted by Crippen LogP contribution is 2.33. The fraction of sp³-hybridized carbons (Fsp3) is 0.286. The van der Waals surface area contributed by atoms with Gasteiger partial charge in [0.05, 0.1) is 28.4 Å². The molecule has 27 heavy (non-hydrogen) atoms. The van der Waals surface area contributed by atoms with Crippen molar-refractivity contribution in [1.29, 1.82) is 0 Å². The number of allylic oxidation sites excluding steroid dienone is 1. The lowest BCUT2D eigenvalue weighted by molar-refractivity contribution is 0.105. The van der Waals surface area contributed by atoms with Gasteiger partial charge in [-0.15, -0.1) is 0 Å². The molecule has 0 unspecified atom stereocenters. The summed E-state index contributed by atoms with van der Waals surface area (Å²) in [5, 5.41) is 0. The third kappa shape index (κ3) is 4.53. The van der Waals surface area contributed by atoms with Crippen LogP contribution in [-0.4, -0.2) is 53.2 Å². The zero-order valence-corrected chi connectivity index (χ0v) is 16.5. The average molecular weight is 371 g/mol. The van der Waals surface area contributed by atoms with E-state index in [0.717, 1.165) is 5.56 Å². The van der Waals surface area contributed by atoms with Crippen LogP contribution in [0.15, 0.2) is 42.6 Å². The molecule has 0 fully saturated rings. The van der Waals surface area contributed by atoms with Crippen molar-refractivity contribution >= 4 is 11.4 Å². The minimum absolute atomic E-state index is 0.142. The number of hydrogen-bond acceptors (Lipinski definition) is 6. The molecule has 0 bridgehead atoms. The Bertz CT molecular complexity index is 842. The van der Waals surface area contributed by atoms with Gasteiger partial charge in [0.1, 0.15) is 0 Å². The fourth-order valence-corrected chi connectivity index (χ4v) is 2.66. The molecule has 2 aromatic carbocycles. The molecule has 0 N–H and O–H groups in total. The van der Waals surface area contributed by atoms with Crippen molar-refractivity contribution in [3.05, 3.63) is 53.7 Å². The molecule has 144 valence electrons. The molecule has 0 saturated carbocycles. The van der Waals surface area contributed by atoms with E-state index < -0.39 is 0 Å². The number of ether oxygens (including phenoxy) is 4. The Morgan fingerprint density at radius 2 is 1.19 bits per heavy atom. The van der Waals surface area contributed by atoms with Crippen LogP contribution in [0.5, 0.6) is 23.0 Å². The zero-order chi connectivity index (χ0) is 20.0. The van der Waals surface area contributed by atoms with Crippen molar-refractivity contribution in [1.82, 2.24) is 4.90 Å². The van der Waals surface area contributed by atoms with Crippen LogP contribution < -0.4 is 18.9 Å². The summed E-state index contributed by atoms with van der Waals surface area (Å²) in [4.78, 5) is 15.1. The van der Waals surface area contributed by atoms with Crippen LogP contribution in [0, 0.1) is 0 Å². The molecule has 2 rings (SSSR count). The number of Topliss-reactive ketones (excluding diaryl/α,β-unsaturated/α-hetero) is 1. The molecule has 0 aromatic heterocycles. The Morgan fingerprint density at radius 1 is 0.741 bits per heavy atom. The summed E-state index contributed by atoms with van der Waals surface area (Å²) >= 11 is 0. The summed E-state index contributed by atoms with van der Waals surface area (Å²) in [5.41, 5.74) is 1.74.